The third kappa shape index (κ3) is 7.49. The van der Waals surface area contributed by atoms with Crippen LogP contribution in [-0.4, -0.2) is 53.4 Å². The van der Waals surface area contributed by atoms with Gasteiger partial charge in [-0.15, -0.1) is 0 Å². The molecule has 2 rings (SSSR count). The molecule has 2 heterocycles. The van der Waals surface area contributed by atoms with Gasteiger partial charge in [-0.25, -0.2) is 28.6 Å². The molecular formula is C10H16N5O12P3. The van der Waals surface area contributed by atoms with E-state index >= 15 is 0 Å². The molecule has 0 amide bonds. The van der Waals surface area contributed by atoms with Crippen LogP contribution in [0, 0.1) is 0 Å². The van der Waals surface area contributed by atoms with Crippen molar-refractivity contribution in [2.24, 2.45) is 0 Å². The van der Waals surface area contributed by atoms with Crippen LogP contribution in [0.3, 0.4) is 0 Å². The molecule has 0 radical (unpaired) electrons. The highest BCUT2D eigenvalue weighted by molar-refractivity contribution is 7.67. The van der Waals surface area contributed by atoms with E-state index < -0.39 is 36.0 Å². The molecular weight excluding hydrogens is 475 g/mol. The topological polar surface area (TPSA) is 245 Å². The highest BCUT2D eigenvalue weighted by Gasteiger charge is 2.43. The zero-order valence-electron chi connectivity index (χ0n) is 15.0. The average molecular weight is 491 g/mol. The van der Waals surface area contributed by atoms with Crippen molar-refractivity contribution in [1.29, 1.82) is 0 Å². The van der Waals surface area contributed by atoms with Crippen molar-refractivity contribution in [3.05, 3.63) is 12.7 Å². The predicted octanol–water partition coefficient (Wildman–Crippen LogP) is 0.297. The summed E-state index contributed by atoms with van der Waals surface area (Å²) in [6.45, 7) is -0.288. The van der Waals surface area contributed by atoms with Gasteiger partial charge in [-0.05, 0) is 0 Å². The second-order valence-corrected chi connectivity index (χ2v) is 9.73. The highest BCUT2D eigenvalue weighted by atomic mass is 31.3. The molecule has 2 aromatic heterocycles. The summed E-state index contributed by atoms with van der Waals surface area (Å²) in [7, 11) is -16.2. The van der Waals surface area contributed by atoms with Gasteiger partial charge in [0.2, 0.25) is 0 Å². The Hall–Kier alpha value is -1.77. The fraction of sp³-hybridized carbons (Fsp3) is 0.400. The number of aromatic nitrogens is 4. The number of hydrogen-bond acceptors (Lipinski definition) is 13. The minimum atomic E-state index is -5.63. The van der Waals surface area contributed by atoms with E-state index in [1.54, 1.807) is 0 Å². The van der Waals surface area contributed by atoms with Crippen LogP contribution in [0.15, 0.2) is 12.7 Å². The molecule has 0 spiro atoms. The minimum absolute atomic E-state index is 0.107. The van der Waals surface area contributed by atoms with E-state index in [2.05, 4.69) is 32.6 Å². The Balaban J connectivity index is 1.81. The van der Waals surface area contributed by atoms with Gasteiger partial charge in [0.15, 0.2) is 11.5 Å². The first-order valence-corrected chi connectivity index (χ1v) is 12.0. The van der Waals surface area contributed by atoms with Crippen LogP contribution in [0.4, 0.5) is 5.82 Å². The molecule has 5 N–H and O–H groups in total. The monoisotopic (exact) mass is 491 g/mol. The number of nitrogens with zero attached hydrogens (tertiary/aromatic N) is 4. The van der Waals surface area contributed by atoms with Crippen LogP contribution in [0.5, 0.6) is 0 Å². The fourth-order valence-corrected chi connectivity index (χ4v) is 5.27. The molecule has 17 nitrogen and oxygen atoms in total. The molecule has 3 unspecified atom stereocenters. The number of nitrogen functional groups attached to an aromatic ring is 1. The second-order valence-electron chi connectivity index (χ2n) is 5.17. The lowest BCUT2D eigenvalue weighted by atomic mass is 10.5. The Morgan fingerprint density at radius 2 is 1.73 bits per heavy atom. The SMILES string of the molecule is CC(=O)OP(=O)(O)OP(=O)(O)OP(=O)(O)OCCOCn1cnc2c(N)ncnc21. The molecule has 168 valence electrons. The van der Waals surface area contributed by atoms with Gasteiger partial charge in [-0.2, -0.15) is 8.62 Å². The summed E-state index contributed by atoms with van der Waals surface area (Å²) in [6.07, 6.45) is 2.59. The lowest BCUT2D eigenvalue weighted by molar-refractivity contribution is -0.133. The lowest BCUT2D eigenvalue weighted by Crippen LogP contribution is -2.08. The quantitative estimate of drug-likeness (QED) is 0.244. The maximum absolute atomic E-state index is 11.7. The van der Waals surface area contributed by atoms with Crippen molar-refractivity contribution >= 4 is 46.4 Å². The number of nitrogens with two attached hydrogens (primary N) is 1. The molecule has 2 aromatic rings. The molecule has 0 aromatic carbocycles. The van der Waals surface area contributed by atoms with Gasteiger partial charge in [-0.1, -0.05) is 0 Å². The number of phosphoric ester groups is 2. The van der Waals surface area contributed by atoms with E-state index in [0.717, 1.165) is 0 Å². The average Bonchev–Trinajstić information content (AvgIpc) is 2.95. The number of imidazole rings is 1. The summed E-state index contributed by atoms with van der Waals surface area (Å²) in [6, 6.07) is 0. The summed E-state index contributed by atoms with van der Waals surface area (Å²) in [5, 5.41) is 0. The molecule has 0 fully saturated rings. The van der Waals surface area contributed by atoms with E-state index in [-0.39, 0.29) is 19.2 Å². The maximum atomic E-state index is 11.7. The highest BCUT2D eigenvalue weighted by Crippen LogP contribution is 2.67. The molecule has 20 heteroatoms. The zero-order valence-corrected chi connectivity index (χ0v) is 17.7. The Kier molecular flexibility index (Phi) is 7.82. The van der Waals surface area contributed by atoms with Gasteiger partial charge in [0.1, 0.15) is 18.6 Å². The number of carbonyl (C=O) groups excluding carboxylic acids is 1. The first-order valence-electron chi connectivity index (χ1n) is 7.55. The van der Waals surface area contributed by atoms with Gasteiger partial charge < -0.3 is 24.8 Å². The van der Waals surface area contributed by atoms with E-state index in [0.29, 0.717) is 18.1 Å². The first kappa shape index (κ1) is 24.5. The van der Waals surface area contributed by atoms with Crippen molar-refractivity contribution in [2.75, 3.05) is 18.9 Å². The standard InChI is InChI=1S/C10H16N5O12P3/c1-7(16)25-29(19,20)27-30(21,22)26-28(17,18)24-3-2-23-6-15-5-14-8-9(11)12-4-13-10(8)15/h4-5H,2-3,6H2,1H3,(H,17,18)(H,19,20)(H,21,22)(H2,11,12,13). The molecule has 0 bridgehead atoms. The van der Waals surface area contributed by atoms with E-state index in [4.69, 9.17) is 15.4 Å². The van der Waals surface area contributed by atoms with Gasteiger partial charge in [-0.3, -0.25) is 18.8 Å². The van der Waals surface area contributed by atoms with E-state index in [1.165, 1.54) is 17.2 Å². The number of anilines is 1. The third-order valence-corrected chi connectivity index (χ3v) is 7.10. The third-order valence-electron chi connectivity index (χ3n) is 2.80. The van der Waals surface area contributed by atoms with Gasteiger partial charge in [0, 0.05) is 6.92 Å². The predicted molar refractivity (Wildman–Crippen MR) is 95.1 cm³/mol. The number of fused-ring (bicyclic) bond motifs is 1. The van der Waals surface area contributed by atoms with Gasteiger partial charge >= 0.3 is 29.4 Å². The van der Waals surface area contributed by atoms with E-state index in [1.807, 2.05) is 0 Å². The summed E-state index contributed by atoms with van der Waals surface area (Å²) < 4.78 is 56.7. The minimum Gasteiger partial charge on any atom is -0.382 e. The van der Waals surface area contributed by atoms with Crippen molar-refractivity contribution < 1.29 is 55.6 Å². The number of phosphoric acid groups is 3. The Bertz CT molecular complexity index is 1060. The molecule has 0 saturated carbocycles. The van der Waals surface area contributed by atoms with Crippen molar-refractivity contribution in [3.63, 3.8) is 0 Å². The molecule has 0 aliphatic carbocycles. The lowest BCUT2D eigenvalue weighted by Gasteiger charge is -2.17. The number of carbonyl (C=O) groups is 1. The van der Waals surface area contributed by atoms with Crippen LogP contribution in [0.1, 0.15) is 6.92 Å². The Morgan fingerprint density at radius 1 is 1.07 bits per heavy atom. The molecule has 30 heavy (non-hydrogen) atoms. The van der Waals surface area contributed by atoms with E-state index in [9.17, 15) is 28.3 Å². The Labute approximate surface area is 167 Å². The number of ether oxygens (including phenoxy) is 1. The largest absolute Gasteiger partial charge is 0.538 e. The maximum Gasteiger partial charge on any atom is 0.538 e. The van der Waals surface area contributed by atoms with Gasteiger partial charge in [0.05, 0.1) is 19.5 Å². The van der Waals surface area contributed by atoms with Crippen molar-refractivity contribution in [1.82, 2.24) is 19.5 Å². The summed E-state index contributed by atoms with van der Waals surface area (Å²) >= 11 is 0. The molecule has 0 saturated heterocycles. The number of hydrogen-bond donors (Lipinski definition) is 4. The normalized spacial score (nSPS) is 17.7. The summed E-state index contributed by atoms with van der Waals surface area (Å²) in [5.74, 6) is -1.15. The summed E-state index contributed by atoms with van der Waals surface area (Å²) in [5.41, 5.74) is 6.36. The van der Waals surface area contributed by atoms with Crippen LogP contribution in [0.25, 0.3) is 11.2 Å². The Morgan fingerprint density at radius 3 is 2.40 bits per heavy atom. The second kappa shape index (κ2) is 9.58. The fourth-order valence-electron chi connectivity index (χ4n) is 1.85. The summed E-state index contributed by atoms with van der Waals surface area (Å²) in [4.78, 5) is 50.1. The molecule has 3 atom stereocenters. The smallest absolute Gasteiger partial charge is 0.382 e. The molecule has 0 aliphatic heterocycles. The zero-order chi connectivity index (χ0) is 22.6. The van der Waals surface area contributed by atoms with Crippen molar-refractivity contribution in [2.45, 2.75) is 13.7 Å². The van der Waals surface area contributed by atoms with Gasteiger partial charge in [0.25, 0.3) is 0 Å². The van der Waals surface area contributed by atoms with Crippen LogP contribution >= 0.6 is 23.5 Å². The van der Waals surface area contributed by atoms with Crippen LogP contribution in [-0.2, 0) is 47.6 Å². The van der Waals surface area contributed by atoms with Crippen molar-refractivity contribution in [3.8, 4) is 0 Å². The van der Waals surface area contributed by atoms with Crippen LogP contribution < -0.4 is 5.73 Å². The van der Waals surface area contributed by atoms with Crippen LogP contribution in [0.2, 0.25) is 0 Å². The first-order chi connectivity index (χ1) is 13.8. The molecule has 0 aliphatic rings. The number of rotatable bonds is 11.